The smallest absolute Gasteiger partial charge is 0.336 e. The molecular weight excluding hydrogens is 318 g/mol. The Morgan fingerprint density at radius 2 is 2.16 bits per heavy atom. The van der Waals surface area contributed by atoms with Crippen molar-refractivity contribution in [3.05, 3.63) is 40.5 Å². The second-order valence-electron chi connectivity index (χ2n) is 7.55. The maximum atomic E-state index is 13.0. The highest BCUT2D eigenvalue weighted by Crippen LogP contribution is 2.46. The zero-order valence-corrected chi connectivity index (χ0v) is 15.5. The fourth-order valence-corrected chi connectivity index (χ4v) is 3.85. The maximum Gasteiger partial charge on any atom is 0.336 e. The first kappa shape index (κ1) is 17.5. The van der Waals surface area contributed by atoms with Gasteiger partial charge in [-0.1, -0.05) is 13.8 Å². The number of Topliss-reactive ketones (excluding diaryl/α,β-unsaturated/α-hetero) is 1. The van der Waals surface area contributed by atoms with Crippen molar-refractivity contribution in [1.29, 1.82) is 0 Å². The van der Waals surface area contributed by atoms with Gasteiger partial charge in [-0.15, -0.1) is 0 Å². The molecule has 1 aliphatic heterocycles. The van der Waals surface area contributed by atoms with Gasteiger partial charge in [0.2, 0.25) is 0 Å². The summed E-state index contributed by atoms with van der Waals surface area (Å²) in [5.74, 6) is -0.752. The van der Waals surface area contributed by atoms with E-state index >= 15 is 0 Å². The molecule has 2 heterocycles. The van der Waals surface area contributed by atoms with Gasteiger partial charge < -0.3 is 10.1 Å². The Morgan fingerprint density at radius 3 is 2.76 bits per heavy atom. The number of aromatic nitrogens is 2. The second kappa shape index (κ2) is 6.17. The predicted octanol–water partition coefficient (Wildman–Crippen LogP) is 2.68. The molecule has 134 valence electrons. The summed E-state index contributed by atoms with van der Waals surface area (Å²) >= 11 is 0. The van der Waals surface area contributed by atoms with Crippen LogP contribution in [0.2, 0.25) is 0 Å². The molecule has 3 rings (SSSR count). The van der Waals surface area contributed by atoms with Crippen LogP contribution in [0.5, 0.6) is 0 Å². The van der Waals surface area contributed by atoms with Crippen LogP contribution in [-0.2, 0) is 20.9 Å². The highest BCUT2D eigenvalue weighted by molar-refractivity contribution is 6.04. The fraction of sp³-hybridized carbons (Fsp3) is 0.526. The third-order valence-electron chi connectivity index (χ3n) is 4.96. The number of carbonyl (C=O) groups excluding carboxylic acids is 2. The van der Waals surface area contributed by atoms with Gasteiger partial charge in [-0.05, 0) is 25.7 Å². The lowest BCUT2D eigenvalue weighted by Gasteiger charge is -2.39. The number of hydrogen-bond acceptors (Lipinski definition) is 5. The summed E-state index contributed by atoms with van der Waals surface area (Å²) in [4.78, 5) is 25.4. The van der Waals surface area contributed by atoms with Crippen LogP contribution in [0.15, 0.2) is 34.9 Å². The van der Waals surface area contributed by atoms with Crippen LogP contribution < -0.4 is 5.32 Å². The molecule has 1 aromatic heterocycles. The van der Waals surface area contributed by atoms with Gasteiger partial charge in [0.25, 0.3) is 0 Å². The summed E-state index contributed by atoms with van der Waals surface area (Å²) < 4.78 is 6.81. The Kier molecular flexibility index (Phi) is 4.31. The van der Waals surface area contributed by atoms with E-state index in [0.29, 0.717) is 17.6 Å². The van der Waals surface area contributed by atoms with Crippen molar-refractivity contribution in [2.45, 2.75) is 53.0 Å². The number of allylic oxidation sites excluding steroid dienone is 3. The maximum absolute atomic E-state index is 13.0. The first-order valence-corrected chi connectivity index (χ1v) is 8.62. The predicted molar refractivity (Wildman–Crippen MR) is 93.5 cm³/mol. The van der Waals surface area contributed by atoms with Gasteiger partial charge in [0, 0.05) is 41.7 Å². The second-order valence-corrected chi connectivity index (χ2v) is 7.55. The van der Waals surface area contributed by atoms with Crippen LogP contribution >= 0.6 is 0 Å². The minimum absolute atomic E-state index is 0.0851. The van der Waals surface area contributed by atoms with Crippen molar-refractivity contribution in [2.24, 2.45) is 5.41 Å². The number of nitrogens with one attached hydrogen (secondary N) is 1. The molecule has 0 amide bonds. The van der Waals surface area contributed by atoms with E-state index in [-0.39, 0.29) is 11.2 Å². The number of ether oxygens (including phenoxy) is 1. The van der Waals surface area contributed by atoms with Crippen molar-refractivity contribution in [2.75, 3.05) is 7.11 Å². The van der Waals surface area contributed by atoms with Crippen LogP contribution in [-0.4, -0.2) is 28.6 Å². The molecule has 0 radical (unpaired) electrons. The van der Waals surface area contributed by atoms with E-state index in [4.69, 9.17) is 4.74 Å². The Balaban J connectivity index is 2.17. The Bertz CT molecular complexity index is 799. The van der Waals surface area contributed by atoms with E-state index in [9.17, 15) is 9.59 Å². The molecule has 0 spiro atoms. The van der Waals surface area contributed by atoms with Crippen molar-refractivity contribution in [1.82, 2.24) is 15.1 Å². The molecule has 1 N–H and O–H groups in total. The number of methoxy groups -OCH3 is 1. The van der Waals surface area contributed by atoms with Crippen LogP contribution in [0.3, 0.4) is 0 Å². The highest BCUT2D eigenvalue weighted by Gasteiger charge is 2.43. The number of ketones is 1. The molecule has 0 aromatic carbocycles. The minimum Gasteiger partial charge on any atom is -0.466 e. The molecular formula is C19H25N3O3. The lowest BCUT2D eigenvalue weighted by atomic mass is 9.69. The number of nitrogens with zero attached hydrogens (tertiary/aromatic N) is 2. The molecule has 1 aliphatic carbocycles. The summed E-state index contributed by atoms with van der Waals surface area (Å²) in [6, 6.07) is 0. The first-order valence-electron chi connectivity index (χ1n) is 8.62. The van der Waals surface area contributed by atoms with Gasteiger partial charge in [-0.25, -0.2) is 4.79 Å². The van der Waals surface area contributed by atoms with E-state index in [2.05, 4.69) is 24.3 Å². The molecule has 1 atom stereocenters. The Labute approximate surface area is 147 Å². The summed E-state index contributed by atoms with van der Waals surface area (Å²) in [6.07, 6.45) is 4.90. The monoisotopic (exact) mass is 343 g/mol. The van der Waals surface area contributed by atoms with Crippen LogP contribution in [0.25, 0.3) is 0 Å². The van der Waals surface area contributed by atoms with Gasteiger partial charge >= 0.3 is 5.97 Å². The highest BCUT2D eigenvalue weighted by atomic mass is 16.5. The van der Waals surface area contributed by atoms with Crippen LogP contribution in [0, 0.1) is 5.41 Å². The molecule has 0 fully saturated rings. The number of carbonyl (C=O) groups is 2. The third-order valence-corrected chi connectivity index (χ3v) is 4.96. The lowest BCUT2D eigenvalue weighted by molar-refractivity contribution is -0.136. The summed E-state index contributed by atoms with van der Waals surface area (Å²) in [5, 5.41) is 7.63. The number of hydrogen-bond donors (Lipinski definition) is 1. The van der Waals surface area contributed by atoms with Gasteiger partial charge in [0.15, 0.2) is 5.78 Å². The molecule has 25 heavy (non-hydrogen) atoms. The zero-order valence-electron chi connectivity index (χ0n) is 15.5. The Hall–Kier alpha value is -2.37. The van der Waals surface area contributed by atoms with Crippen molar-refractivity contribution in [3.63, 3.8) is 0 Å². The average Bonchev–Trinajstić information content (AvgIpc) is 3.00. The number of aryl methyl sites for hydroxylation is 1. The van der Waals surface area contributed by atoms with Crippen LogP contribution in [0.1, 0.15) is 52.0 Å². The molecule has 0 unspecified atom stereocenters. The minimum atomic E-state index is -0.424. The lowest BCUT2D eigenvalue weighted by Crippen LogP contribution is -2.38. The van der Waals surface area contributed by atoms with Gasteiger partial charge in [0.1, 0.15) is 0 Å². The first-order chi connectivity index (χ1) is 11.8. The van der Waals surface area contributed by atoms with E-state index in [1.807, 2.05) is 20.0 Å². The molecule has 2 aliphatic rings. The van der Waals surface area contributed by atoms with E-state index in [1.165, 1.54) is 7.11 Å². The number of rotatable bonds is 3. The molecule has 6 nitrogen and oxygen atoms in total. The standard InChI is InChI=1S/C19H25N3O3/c1-6-22-10-12(9-20-22)16-15(18(24)25-5)11(2)21-13-7-19(3,4)8-14(23)17(13)16/h9-10,16,21H,6-8H2,1-5H3/t16-/m1/s1. The average molecular weight is 343 g/mol. The summed E-state index contributed by atoms with van der Waals surface area (Å²) in [6.45, 7) is 8.78. The molecule has 0 saturated heterocycles. The largest absolute Gasteiger partial charge is 0.466 e. The van der Waals surface area contributed by atoms with Crippen molar-refractivity contribution in [3.8, 4) is 0 Å². The van der Waals surface area contributed by atoms with Crippen molar-refractivity contribution < 1.29 is 14.3 Å². The fourth-order valence-electron chi connectivity index (χ4n) is 3.85. The number of dihydropyridines is 1. The molecule has 6 heteroatoms. The normalized spacial score (nSPS) is 22.6. The topological polar surface area (TPSA) is 73.2 Å². The van der Waals surface area contributed by atoms with E-state index in [1.54, 1.807) is 10.9 Å². The summed E-state index contributed by atoms with van der Waals surface area (Å²) in [5.41, 5.74) is 3.59. The molecule has 0 saturated carbocycles. The third kappa shape index (κ3) is 3.01. The van der Waals surface area contributed by atoms with E-state index in [0.717, 1.165) is 29.9 Å². The molecule has 1 aromatic rings. The zero-order chi connectivity index (χ0) is 18.4. The Morgan fingerprint density at radius 1 is 1.44 bits per heavy atom. The number of esters is 1. The van der Waals surface area contributed by atoms with Crippen molar-refractivity contribution >= 4 is 11.8 Å². The van der Waals surface area contributed by atoms with Gasteiger partial charge in [-0.3, -0.25) is 9.48 Å². The SMILES string of the molecule is CCn1cc([C@@H]2C(C(=O)OC)=C(C)NC3=C2C(=O)CC(C)(C)C3)cn1. The van der Waals surface area contributed by atoms with Crippen LogP contribution in [0.4, 0.5) is 0 Å². The summed E-state index contributed by atoms with van der Waals surface area (Å²) in [7, 11) is 1.37. The molecule has 0 bridgehead atoms. The quantitative estimate of drug-likeness (QED) is 0.854. The van der Waals surface area contributed by atoms with Gasteiger partial charge in [-0.2, -0.15) is 5.10 Å². The van der Waals surface area contributed by atoms with Gasteiger partial charge in [0.05, 0.1) is 24.8 Å². The van der Waals surface area contributed by atoms with E-state index < -0.39 is 11.9 Å².